The molecule has 2 N–H and O–H groups in total. The zero-order valence-electron chi connectivity index (χ0n) is 11.4. The highest BCUT2D eigenvalue weighted by molar-refractivity contribution is 5.32. The Balaban J connectivity index is 2.24. The molecular formula is C16H15F4N. The van der Waals surface area contributed by atoms with Crippen LogP contribution in [0, 0.1) is 12.7 Å². The second-order valence-electron chi connectivity index (χ2n) is 5.00. The Morgan fingerprint density at radius 1 is 1.10 bits per heavy atom. The first-order valence-electron chi connectivity index (χ1n) is 6.45. The molecule has 0 saturated heterocycles. The molecule has 0 aliphatic heterocycles. The molecule has 1 unspecified atom stereocenters. The van der Waals surface area contributed by atoms with Gasteiger partial charge in [-0.05, 0) is 54.3 Å². The first-order chi connectivity index (χ1) is 9.77. The van der Waals surface area contributed by atoms with Crippen LogP contribution in [-0.2, 0) is 12.6 Å². The van der Waals surface area contributed by atoms with Gasteiger partial charge in [0.1, 0.15) is 5.82 Å². The van der Waals surface area contributed by atoms with Crippen LogP contribution in [-0.4, -0.2) is 0 Å². The minimum Gasteiger partial charge on any atom is -0.324 e. The molecular weight excluding hydrogens is 282 g/mol. The second kappa shape index (κ2) is 5.85. The van der Waals surface area contributed by atoms with E-state index in [0.717, 1.165) is 17.7 Å². The summed E-state index contributed by atoms with van der Waals surface area (Å²) in [5.41, 5.74) is 7.18. The number of benzene rings is 2. The highest BCUT2D eigenvalue weighted by atomic mass is 19.4. The van der Waals surface area contributed by atoms with Gasteiger partial charge in [-0.15, -0.1) is 0 Å². The van der Waals surface area contributed by atoms with Crippen LogP contribution in [0.3, 0.4) is 0 Å². The van der Waals surface area contributed by atoms with Crippen LogP contribution in [0.1, 0.15) is 28.3 Å². The van der Waals surface area contributed by atoms with Crippen molar-refractivity contribution in [2.45, 2.75) is 25.6 Å². The summed E-state index contributed by atoms with van der Waals surface area (Å²) in [7, 11) is 0. The predicted molar refractivity (Wildman–Crippen MR) is 73.2 cm³/mol. The van der Waals surface area contributed by atoms with Crippen molar-refractivity contribution in [3.63, 3.8) is 0 Å². The van der Waals surface area contributed by atoms with Gasteiger partial charge in [0, 0.05) is 6.04 Å². The maximum absolute atomic E-state index is 13.2. The van der Waals surface area contributed by atoms with Gasteiger partial charge < -0.3 is 5.73 Å². The lowest BCUT2D eigenvalue weighted by molar-refractivity contribution is -0.137. The van der Waals surface area contributed by atoms with E-state index in [1.165, 1.54) is 18.2 Å². The first kappa shape index (κ1) is 15.5. The standard InChI is InChI=1S/C16H15F4N/c1-10-5-6-14(17)8-12(10)9-15(21)11-3-2-4-13(7-11)16(18,19)20/h2-8,15H,9,21H2,1H3. The topological polar surface area (TPSA) is 26.0 Å². The van der Waals surface area contributed by atoms with E-state index in [1.807, 2.05) is 6.92 Å². The van der Waals surface area contributed by atoms with Crippen molar-refractivity contribution in [3.05, 3.63) is 70.5 Å². The highest BCUT2D eigenvalue weighted by Crippen LogP contribution is 2.31. The molecule has 0 heterocycles. The fourth-order valence-electron chi connectivity index (χ4n) is 2.16. The summed E-state index contributed by atoms with van der Waals surface area (Å²) in [5.74, 6) is -0.383. The van der Waals surface area contributed by atoms with Gasteiger partial charge >= 0.3 is 6.18 Å². The van der Waals surface area contributed by atoms with Crippen LogP contribution in [0.2, 0.25) is 0 Å². The molecule has 2 rings (SSSR count). The second-order valence-corrected chi connectivity index (χ2v) is 5.00. The summed E-state index contributed by atoms with van der Waals surface area (Å²) in [6, 6.07) is 8.64. The minimum atomic E-state index is -4.40. The summed E-state index contributed by atoms with van der Waals surface area (Å²) in [4.78, 5) is 0. The van der Waals surface area contributed by atoms with Crippen molar-refractivity contribution < 1.29 is 17.6 Å². The molecule has 112 valence electrons. The molecule has 0 aliphatic carbocycles. The Kier molecular flexibility index (Phi) is 4.32. The number of nitrogens with two attached hydrogens (primary N) is 1. The molecule has 21 heavy (non-hydrogen) atoms. The van der Waals surface area contributed by atoms with Crippen LogP contribution < -0.4 is 5.73 Å². The Hall–Kier alpha value is -1.88. The van der Waals surface area contributed by atoms with Gasteiger partial charge in [-0.2, -0.15) is 13.2 Å². The van der Waals surface area contributed by atoms with E-state index < -0.39 is 17.8 Å². The summed E-state index contributed by atoms with van der Waals surface area (Å²) in [6.07, 6.45) is -4.12. The fraction of sp³-hybridized carbons (Fsp3) is 0.250. The SMILES string of the molecule is Cc1ccc(F)cc1CC(N)c1cccc(C(F)(F)F)c1. The lowest BCUT2D eigenvalue weighted by atomic mass is 9.95. The number of hydrogen-bond donors (Lipinski definition) is 1. The number of rotatable bonds is 3. The van der Waals surface area contributed by atoms with Crippen LogP contribution in [0.25, 0.3) is 0 Å². The number of hydrogen-bond acceptors (Lipinski definition) is 1. The molecule has 1 atom stereocenters. The number of aryl methyl sites for hydroxylation is 1. The summed E-state index contributed by atoms with van der Waals surface area (Å²) >= 11 is 0. The zero-order chi connectivity index (χ0) is 15.6. The molecule has 0 amide bonds. The average Bonchev–Trinajstić information content (AvgIpc) is 2.42. The van der Waals surface area contributed by atoms with E-state index in [4.69, 9.17) is 5.73 Å². The van der Waals surface area contributed by atoms with Gasteiger partial charge in [0.05, 0.1) is 5.56 Å². The largest absolute Gasteiger partial charge is 0.416 e. The van der Waals surface area contributed by atoms with E-state index in [1.54, 1.807) is 12.1 Å². The summed E-state index contributed by atoms with van der Waals surface area (Å²) < 4.78 is 51.3. The third-order valence-corrected chi connectivity index (χ3v) is 3.39. The maximum Gasteiger partial charge on any atom is 0.416 e. The van der Waals surface area contributed by atoms with Crippen molar-refractivity contribution in [2.75, 3.05) is 0 Å². The van der Waals surface area contributed by atoms with Gasteiger partial charge in [-0.25, -0.2) is 4.39 Å². The quantitative estimate of drug-likeness (QED) is 0.835. The molecule has 0 aromatic heterocycles. The molecule has 0 radical (unpaired) electrons. The molecule has 0 fully saturated rings. The van der Waals surface area contributed by atoms with E-state index >= 15 is 0 Å². The smallest absolute Gasteiger partial charge is 0.324 e. The number of alkyl halides is 3. The molecule has 0 saturated carbocycles. The predicted octanol–water partition coefficient (Wildman–Crippen LogP) is 4.40. The molecule has 5 heteroatoms. The van der Waals surface area contributed by atoms with Crippen molar-refractivity contribution in [3.8, 4) is 0 Å². The Labute approximate surface area is 120 Å². The Bertz CT molecular complexity index is 634. The highest BCUT2D eigenvalue weighted by Gasteiger charge is 2.30. The van der Waals surface area contributed by atoms with Crippen LogP contribution >= 0.6 is 0 Å². The maximum atomic E-state index is 13.2. The summed E-state index contributed by atoms with van der Waals surface area (Å²) in [5, 5.41) is 0. The molecule has 0 spiro atoms. The summed E-state index contributed by atoms with van der Waals surface area (Å²) in [6.45, 7) is 1.81. The Morgan fingerprint density at radius 2 is 1.81 bits per heavy atom. The van der Waals surface area contributed by atoms with Gasteiger partial charge in [0.15, 0.2) is 0 Å². The monoisotopic (exact) mass is 297 g/mol. The lowest BCUT2D eigenvalue weighted by Crippen LogP contribution is -2.15. The van der Waals surface area contributed by atoms with Crippen LogP contribution in [0.5, 0.6) is 0 Å². The van der Waals surface area contributed by atoms with Crippen molar-refractivity contribution >= 4 is 0 Å². The van der Waals surface area contributed by atoms with Gasteiger partial charge in [0.2, 0.25) is 0 Å². The van der Waals surface area contributed by atoms with Gasteiger partial charge in [-0.3, -0.25) is 0 Å². The average molecular weight is 297 g/mol. The first-order valence-corrected chi connectivity index (χ1v) is 6.45. The lowest BCUT2D eigenvalue weighted by Gasteiger charge is -2.16. The van der Waals surface area contributed by atoms with Crippen molar-refractivity contribution in [1.29, 1.82) is 0 Å². The van der Waals surface area contributed by atoms with Crippen LogP contribution in [0.4, 0.5) is 17.6 Å². The third-order valence-electron chi connectivity index (χ3n) is 3.39. The zero-order valence-corrected chi connectivity index (χ0v) is 11.4. The molecule has 0 aliphatic rings. The van der Waals surface area contributed by atoms with E-state index in [9.17, 15) is 17.6 Å². The molecule has 0 bridgehead atoms. The third kappa shape index (κ3) is 3.82. The van der Waals surface area contributed by atoms with E-state index in [2.05, 4.69) is 0 Å². The number of halogens is 4. The van der Waals surface area contributed by atoms with Gasteiger partial charge in [-0.1, -0.05) is 18.2 Å². The Morgan fingerprint density at radius 3 is 2.48 bits per heavy atom. The molecule has 2 aromatic carbocycles. The van der Waals surface area contributed by atoms with Crippen LogP contribution in [0.15, 0.2) is 42.5 Å². The minimum absolute atomic E-state index is 0.283. The van der Waals surface area contributed by atoms with E-state index in [-0.39, 0.29) is 12.2 Å². The van der Waals surface area contributed by atoms with Crippen molar-refractivity contribution in [1.82, 2.24) is 0 Å². The normalized spacial score (nSPS) is 13.2. The molecule has 1 nitrogen and oxygen atoms in total. The van der Waals surface area contributed by atoms with E-state index in [0.29, 0.717) is 11.1 Å². The van der Waals surface area contributed by atoms with Gasteiger partial charge in [0.25, 0.3) is 0 Å². The fourth-order valence-corrected chi connectivity index (χ4v) is 2.16. The molecule has 2 aromatic rings. The van der Waals surface area contributed by atoms with Crippen molar-refractivity contribution in [2.24, 2.45) is 5.73 Å².